The number of aliphatic hydroxyl groups excluding tert-OH is 1. The first-order valence-corrected chi connectivity index (χ1v) is 5.25. The van der Waals surface area contributed by atoms with Gasteiger partial charge in [0.05, 0.1) is 6.10 Å². The number of aromatic nitrogens is 1. The summed E-state index contributed by atoms with van der Waals surface area (Å²) >= 11 is 0. The van der Waals surface area contributed by atoms with Crippen LogP contribution in [0.2, 0.25) is 0 Å². The fraction of sp³-hybridized carbons (Fsp3) is 0.545. The predicted octanol–water partition coefficient (Wildman–Crippen LogP) is 0.858. The molecule has 1 heterocycles. The molecule has 1 aromatic rings. The third-order valence-electron chi connectivity index (χ3n) is 2.80. The number of nitrogens with zero attached hydrogens (tertiary/aromatic N) is 1. The number of aromatic amines is 1. The van der Waals surface area contributed by atoms with Gasteiger partial charge in [-0.3, -0.25) is 4.79 Å². The summed E-state index contributed by atoms with van der Waals surface area (Å²) in [5.41, 5.74) is 0.570. The van der Waals surface area contributed by atoms with Crippen molar-refractivity contribution in [3.8, 4) is 0 Å². The van der Waals surface area contributed by atoms with E-state index >= 15 is 0 Å². The molecule has 0 bridgehead atoms. The molecule has 2 rings (SSSR count). The Morgan fingerprint density at radius 2 is 2.47 bits per heavy atom. The SMILES string of the molecule is CN(CC(O)C1CC1)C(=O)c1ccc[nH]1. The highest BCUT2D eigenvalue weighted by molar-refractivity contribution is 5.92. The van der Waals surface area contributed by atoms with Gasteiger partial charge < -0.3 is 15.0 Å². The quantitative estimate of drug-likeness (QED) is 0.771. The van der Waals surface area contributed by atoms with Gasteiger partial charge in [-0.25, -0.2) is 0 Å². The Balaban J connectivity index is 1.89. The molecule has 0 aromatic carbocycles. The lowest BCUT2D eigenvalue weighted by Crippen LogP contribution is -2.35. The second kappa shape index (κ2) is 4.06. The number of nitrogens with one attached hydrogen (secondary N) is 1. The summed E-state index contributed by atoms with van der Waals surface area (Å²) in [6, 6.07) is 3.53. The lowest BCUT2D eigenvalue weighted by molar-refractivity contribution is 0.0641. The van der Waals surface area contributed by atoms with E-state index in [4.69, 9.17) is 0 Å². The molecule has 1 aliphatic carbocycles. The zero-order valence-electron chi connectivity index (χ0n) is 8.81. The summed E-state index contributed by atoms with van der Waals surface area (Å²) in [5, 5.41) is 9.70. The number of likely N-dealkylation sites (N-methyl/N-ethyl adjacent to an activating group) is 1. The second-order valence-electron chi connectivity index (χ2n) is 4.17. The molecular formula is C11H16N2O2. The zero-order valence-corrected chi connectivity index (χ0v) is 8.81. The van der Waals surface area contributed by atoms with Crippen LogP contribution in [-0.2, 0) is 0 Å². The van der Waals surface area contributed by atoms with Crippen LogP contribution >= 0.6 is 0 Å². The molecule has 0 spiro atoms. The van der Waals surface area contributed by atoms with Crippen molar-refractivity contribution in [3.63, 3.8) is 0 Å². The van der Waals surface area contributed by atoms with Crippen LogP contribution < -0.4 is 0 Å². The summed E-state index contributed by atoms with van der Waals surface area (Å²) in [6.45, 7) is 0.419. The van der Waals surface area contributed by atoms with Gasteiger partial charge in [0.1, 0.15) is 5.69 Å². The van der Waals surface area contributed by atoms with Crippen molar-refractivity contribution < 1.29 is 9.90 Å². The molecule has 2 N–H and O–H groups in total. The molecular weight excluding hydrogens is 192 g/mol. The topological polar surface area (TPSA) is 56.3 Å². The Kier molecular flexibility index (Phi) is 2.77. The first-order valence-electron chi connectivity index (χ1n) is 5.25. The van der Waals surface area contributed by atoms with E-state index in [1.807, 2.05) is 0 Å². The maximum absolute atomic E-state index is 11.8. The van der Waals surface area contributed by atoms with E-state index in [2.05, 4.69) is 4.98 Å². The minimum absolute atomic E-state index is 0.0697. The van der Waals surface area contributed by atoms with Gasteiger partial charge in [0.25, 0.3) is 5.91 Å². The standard InChI is InChI=1S/C11H16N2O2/c1-13(7-10(14)8-4-5-8)11(15)9-3-2-6-12-9/h2-3,6,8,10,12,14H,4-5,7H2,1H3. The molecule has 1 saturated carbocycles. The van der Waals surface area contributed by atoms with Crippen LogP contribution in [0.5, 0.6) is 0 Å². The molecule has 15 heavy (non-hydrogen) atoms. The van der Waals surface area contributed by atoms with Crippen LogP contribution in [0, 0.1) is 5.92 Å². The average Bonchev–Trinajstić information content (AvgIpc) is 2.93. The van der Waals surface area contributed by atoms with Gasteiger partial charge >= 0.3 is 0 Å². The smallest absolute Gasteiger partial charge is 0.270 e. The maximum Gasteiger partial charge on any atom is 0.270 e. The Morgan fingerprint density at radius 3 is 3.00 bits per heavy atom. The largest absolute Gasteiger partial charge is 0.391 e. The molecule has 1 atom stereocenters. The lowest BCUT2D eigenvalue weighted by atomic mass is 10.2. The highest BCUT2D eigenvalue weighted by Crippen LogP contribution is 2.32. The van der Waals surface area contributed by atoms with Gasteiger partial charge in [-0.1, -0.05) is 0 Å². The van der Waals surface area contributed by atoms with Crippen molar-refractivity contribution in [1.29, 1.82) is 0 Å². The third-order valence-corrected chi connectivity index (χ3v) is 2.80. The molecule has 4 heteroatoms. The van der Waals surface area contributed by atoms with Crippen LogP contribution in [-0.4, -0.2) is 40.6 Å². The van der Waals surface area contributed by atoms with Gasteiger partial charge in [-0.2, -0.15) is 0 Å². The minimum atomic E-state index is -0.367. The number of aliphatic hydroxyl groups is 1. The number of H-pyrrole nitrogens is 1. The average molecular weight is 208 g/mol. The predicted molar refractivity (Wildman–Crippen MR) is 56.5 cm³/mol. The molecule has 0 aliphatic heterocycles. The van der Waals surface area contributed by atoms with Crippen molar-refractivity contribution in [1.82, 2.24) is 9.88 Å². The second-order valence-corrected chi connectivity index (χ2v) is 4.17. The van der Waals surface area contributed by atoms with E-state index in [9.17, 15) is 9.90 Å². The molecule has 1 fully saturated rings. The molecule has 1 amide bonds. The normalized spacial score (nSPS) is 17.5. The van der Waals surface area contributed by atoms with E-state index in [1.165, 1.54) is 0 Å². The lowest BCUT2D eigenvalue weighted by Gasteiger charge is -2.20. The fourth-order valence-corrected chi connectivity index (χ4v) is 1.66. The monoisotopic (exact) mass is 208 g/mol. The van der Waals surface area contributed by atoms with E-state index < -0.39 is 0 Å². The fourth-order valence-electron chi connectivity index (χ4n) is 1.66. The third kappa shape index (κ3) is 2.39. The van der Waals surface area contributed by atoms with Crippen molar-refractivity contribution in [2.75, 3.05) is 13.6 Å². The van der Waals surface area contributed by atoms with Crippen LogP contribution in [0.1, 0.15) is 23.3 Å². The molecule has 0 saturated heterocycles. The van der Waals surface area contributed by atoms with Crippen molar-refractivity contribution in [3.05, 3.63) is 24.0 Å². The van der Waals surface area contributed by atoms with E-state index in [0.29, 0.717) is 18.2 Å². The van der Waals surface area contributed by atoms with Crippen molar-refractivity contribution in [2.24, 2.45) is 5.92 Å². The first kappa shape index (κ1) is 10.2. The Hall–Kier alpha value is -1.29. The van der Waals surface area contributed by atoms with Crippen LogP contribution in [0.25, 0.3) is 0 Å². The molecule has 82 valence electrons. The number of hydrogen-bond donors (Lipinski definition) is 2. The van der Waals surface area contributed by atoms with Gasteiger partial charge in [-0.05, 0) is 30.9 Å². The zero-order chi connectivity index (χ0) is 10.8. The summed E-state index contributed by atoms with van der Waals surface area (Å²) in [7, 11) is 1.72. The Morgan fingerprint density at radius 1 is 1.73 bits per heavy atom. The summed E-state index contributed by atoms with van der Waals surface area (Å²) in [5.74, 6) is 0.337. The van der Waals surface area contributed by atoms with Crippen molar-refractivity contribution >= 4 is 5.91 Å². The van der Waals surface area contributed by atoms with Gasteiger partial charge in [0.15, 0.2) is 0 Å². The summed E-state index contributed by atoms with van der Waals surface area (Å²) in [4.78, 5) is 16.2. The van der Waals surface area contributed by atoms with Crippen LogP contribution in [0.3, 0.4) is 0 Å². The summed E-state index contributed by atoms with van der Waals surface area (Å²) in [6.07, 6.45) is 3.53. The number of carbonyl (C=O) groups excluding carboxylic acids is 1. The number of carbonyl (C=O) groups is 1. The van der Waals surface area contributed by atoms with Gasteiger partial charge in [0, 0.05) is 19.8 Å². The first-order chi connectivity index (χ1) is 7.18. The maximum atomic E-state index is 11.8. The summed E-state index contributed by atoms with van der Waals surface area (Å²) < 4.78 is 0. The minimum Gasteiger partial charge on any atom is -0.391 e. The van der Waals surface area contributed by atoms with E-state index in [1.54, 1.807) is 30.3 Å². The Labute approximate surface area is 88.9 Å². The number of amides is 1. The van der Waals surface area contributed by atoms with E-state index in [0.717, 1.165) is 12.8 Å². The van der Waals surface area contributed by atoms with Crippen LogP contribution in [0.4, 0.5) is 0 Å². The van der Waals surface area contributed by atoms with Gasteiger partial charge in [-0.15, -0.1) is 0 Å². The Bertz CT molecular complexity index is 330. The van der Waals surface area contributed by atoms with Crippen LogP contribution in [0.15, 0.2) is 18.3 Å². The highest BCUT2D eigenvalue weighted by atomic mass is 16.3. The molecule has 4 nitrogen and oxygen atoms in total. The van der Waals surface area contributed by atoms with E-state index in [-0.39, 0.29) is 12.0 Å². The number of hydrogen-bond acceptors (Lipinski definition) is 2. The molecule has 0 radical (unpaired) electrons. The van der Waals surface area contributed by atoms with Gasteiger partial charge in [0.2, 0.25) is 0 Å². The van der Waals surface area contributed by atoms with Crippen molar-refractivity contribution in [2.45, 2.75) is 18.9 Å². The highest BCUT2D eigenvalue weighted by Gasteiger charge is 2.31. The molecule has 1 aromatic heterocycles. The molecule has 1 unspecified atom stereocenters. The number of rotatable bonds is 4. The molecule has 1 aliphatic rings.